The van der Waals surface area contributed by atoms with Gasteiger partial charge in [-0.25, -0.2) is 19.0 Å². The van der Waals surface area contributed by atoms with Crippen molar-refractivity contribution < 1.29 is 19.5 Å². The highest BCUT2D eigenvalue weighted by Crippen LogP contribution is 2.04. The van der Waals surface area contributed by atoms with Crippen molar-refractivity contribution in [2.75, 3.05) is 13.2 Å². The fourth-order valence-corrected chi connectivity index (χ4v) is 1.34. The van der Waals surface area contributed by atoms with Gasteiger partial charge in [0.1, 0.15) is 19.5 Å². The van der Waals surface area contributed by atoms with Gasteiger partial charge in [0.25, 0.3) is 5.09 Å². The molecular formula is C8H8N6O6. The van der Waals surface area contributed by atoms with Gasteiger partial charge in [-0.2, -0.15) is 4.68 Å². The molecule has 0 N–H and O–H groups in total. The van der Waals surface area contributed by atoms with Gasteiger partial charge in [-0.15, -0.1) is 15.2 Å². The first kappa shape index (κ1) is 13.4. The minimum Gasteiger partial charge on any atom is -0.459 e. The average molecular weight is 284 g/mol. The van der Waals surface area contributed by atoms with Crippen LogP contribution in [0, 0.1) is 10.1 Å². The summed E-state index contributed by atoms with van der Waals surface area (Å²) in [6, 6.07) is 0. The van der Waals surface area contributed by atoms with E-state index in [1.807, 2.05) is 0 Å². The highest BCUT2D eigenvalue weighted by Gasteiger charge is 2.18. The van der Waals surface area contributed by atoms with Crippen LogP contribution in [0.3, 0.4) is 0 Å². The van der Waals surface area contributed by atoms with E-state index in [9.17, 15) is 19.7 Å². The van der Waals surface area contributed by atoms with Crippen molar-refractivity contribution in [2.24, 2.45) is 7.05 Å². The van der Waals surface area contributed by atoms with Crippen molar-refractivity contribution in [3.05, 3.63) is 32.6 Å². The van der Waals surface area contributed by atoms with Gasteiger partial charge in [0.05, 0.1) is 0 Å². The predicted molar refractivity (Wildman–Crippen MR) is 59.3 cm³/mol. The third-order valence-corrected chi connectivity index (χ3v) is 2.21. The zero-order valence-corrected chi connectivity index (χ0v) is 10.1. The first-order valence-corrected chi connectivity index (χ1v) is 5.22. The molecule has 2 aromatic rings. The standard InChI is InChI=1S/C8H8N6O6/c1-12-8(16)13-4-9-5(6(13)10-11-12)7(15)19-2-3-20-14(17)18/h4H,2-3H2,1H3. The van der Waals surface area contributed by atoms with E-state index in [0.29, 0.717) is 0 Å². The molecule has 12 heteroatoms. The molecule has 0 bridgehead atoms. The fraction of sp³-hybridized carbons (Fsp3) is 0.375. The van der Waals surface area contributed by atoms with Crippen LogP contribution in [0.5, 0.6) is 0 Å². The van der Waals surface area contributed by atoms with Crippen molar-refractivity contribution in [3.8, 4) is 0 Å². The van der Waals surface area contributed by atoms with Crippen molar-refractivity contribution in [2.45, 2.75) is 0 Å². The summed E-state index contributed by atoms with van der Waals surface area (Å²) in [5.74, 6) is -0.887. The Bertz CT molecular complexity index is 720. The summed E-state index contributed by atoms with van der Waals surface area (Å²) in [7, 11) is 1.39. The van der Waals surface area contributed by atoms with Crippen molar-refractivity contribution >= 4 is 11.6 Å². The van der Waals surface area contributed by atoms with Crippen LogP contribution in [0.4, 0.5) is 0 Å². The number of aryl methyl sites for hydroxylation is 1. The van der Waals surface area contributed by atoms with Gasteiger partial charge in [0, 0.05) is 7.05 Å². The quantitative estimate of drug-likeness (QED) is 0.268. The summed E-state index contributed by atoms with van der Waals surface area (Å²) in [5, 5.41) is 16.0. The molecule has 0 spiro atoms. The number of ether oxygens (including phenoxy) is 1. The van der Waals surface area contributed by atoms with Gasteiger partial charge >= 0.3 is 11.7 Å². The van der Waals surface area contributed by atoms with Crippen LogP contribution in [-0.4, -0.2) is 48.6 Å². The third kappa shape index (κ3) is 2.52. The predicted octanol–water partition coefficient (Wildman–Crippen LogP) is -1.81. The Balaban J connectivity index is 2.13. The van der Waals surface area contributed by atoms with E-state index in [4.69, 9.17) is 4.74 Å². The molecular weight excluding hydrogens is 276 g/mol. The zero-order valence-electron chi connectivity index (χ0n) is 10.1. The van der Waals surface area contributed by atoms with Gasteiger partial charge in [0.2, 0.25) is 0 Å². The Morgan fingerprint density at radius 2 is 2.25 bits per heavy atom. The van der Waals surface area contributed by atoms with E-state index in [0.717, 1.165) is 15.4 Å². The molecule has 0 radical (unpaired) electrons. The number of fused-ring (bicyclic) bond motifs is 1. The van der Waals surface area contributed by atoms with Gasteiger partial charge in [-0.05, 0) is 0 Å². The van der Waals surface area contributed by atoms with E-state index in [1.165, 1.54) is 7.05 Å². The Kier molecular flexibility index (Phi) is 3.54. The lowest BCUT2D eigenvalue weighted by atomic mass is 10.4. The monoisotopic (exact) mass is 284 g/mol. The van der Waals surface area contributed by atoms with E-state index >= 15 is 0 Å². The van der Waals surface area contributed by atoms with Gasteiger partial charge in [-0.1, -0.05) is 5.21 Å². The summed E-state index contributed by atoms with van der Waals surface area (Å²) in [4.78, 5) is 40.9. The molecule has 20 heavy (non-hydrogen) atoms. The topological polar surface area (TPSA) is 144 Å². The molecule has 2 aromatic heterocycles. The summed E-state index contributed by atoms with van der Waals surface area (Å²) >= 11 is 0. The molecule has 2 heterocycles. The minimum absolute atomic E-state index is 0.0618. The minimum atomic E-state index is -1.00. The zero-order chi connectivity index (χ0) is 14.7. The third-order valence-electron chi connectivity index (χ3n) is 2.21. The summed E-state index contributed by atoms with van der Waals surface area (Å²) in [6.07, 6.45) is 1.11. The molecule has 0 aliphatic carbocycles. The number of imidazole rings is 1. The van der Waals surface area contributed by atoms with Crippen LogP contribution in [0.1, 0.15) is 10.5 Å². The number of carbonyl (C=O) groups excluding carboxylic acids is 1. The number of hydrogen-bond donors (Lipinski definition) is 0. The molecule has 0 aromatic carbocycles. The molecule has 106 valence electrons. The first-order valence-electron chi connectivity index (χ1n) is 5.22. The summed E-state index contributed by atoms with van der Waals surface area (Å²) in [5.41, 5.74) is -0.803. The highest BCUT2D eigenvalue weighted by atomic mass is 17.0. The fourth-order valence-electron chi connectivity index (χ4n) is 1.34. The van der Waals surface area contributed by atoms with Gasteiger partial charge in [0.15, 0.2) is 11.3 Å². The Morgan fingerprint density at radius 3 is 2.95 bits per heavy atom. The Labute approximate surface area is 109 Å². The summed E-state index contributed by atoms with van der Waals surface area (Å²) in [6.45, 7) is -0.741. The van der Waals surface area contributed by atoms with E-state index in [1.54, 1.807) is 0 Å². The number of aromatic nitrogens is 5. The van der Waals surface area contributed by atoms with Crippen molar-refractivity contribution in [1.82, 2.24) is 24.4 Å². The molecule has 0 unspecified atom stereocenters. The summed E-state index contributed by atoms with van der Waals surface area (Å²) < 4.78 is 6.69. The highest BCUT2D eigenvalue weighted by molar-refractivity contribution is 5.93. The second-order valence-corrected chi connectivity index (χ2v) is 3.48. The van der Waals surface area contributed by atoms with Crippen LogP contribution in [-0.2, 0) is 16.6 Å². The second kappa shape index (κ2) is 5.29. The van der Waals surface area contributed by atoms with E-state index in [-0.39, 0.29) is 17.9 Å². The second-order valence-electron chi connectivity index (χ2n) is 3.48. The normalized spacial score (nSPS) is 10.4. The van der Waals surface area contributed by atoms with Crippen molar-refractivity contribution in [3.63, 3.8) is 0 Å². The maximum atomic E-state index is 11.7. The SMILES string of the molecule is Cn1nnc2c(C(=O)OCCO[N+](=O)[O-])ncn2c1=O. The smallest absolute Gasteiger partial charge is 0.361 e. The molecule has 0 aliphatic rings. The molecule has 0 aliphatic heterocycles. The van der Waals surface area contributed by atoms with Crippen molar-refractivity contribution in [1.29, 1.82) is 0 Å². The number of rotatable bonds is 5. The molecule has 0 fully saturated rings. The van der Waals surface area contributed by atoms with Gasteiger partial charge < -0.3 is 9.57 Å². The number of esters is 1. The lowest BCUT2D eigenvalue weighted by molar-refractivity contribution is -0.757. The van der Waals surface area contributed by atoms with Gasteiger partial charge in [-0.3, -0.25) is 0 Å². The molecule has 0 saturated carbocycles. The van der Waals surface area contributed by atoms with E-state index in [2.05, 4.69) is 20.1 Å². The Morgan fingerprint density at radius 1 is 1.50 bits per heavy atom. The Hall–Kier alpha value is -3.05. The number of hydrogen-bond acceptors (Lipinski definition) is 9. The molecule has 0 amide bonds. The van der Waals surface area contributed by atoms with Crippen LogP contribution >= 0.6 is 0 Å². The first-order chi connectivity index (χ1) is 9.50. The van der Waals surface area contributed by atoms with E-state index < -0.39 is 23.4 Å². The lowest BCUT2D eigenvalue weighted by Gasteiger charge is -2.01. The number of carbonyl (C=O) groups is 1. The number of nitrogens with zero attached hydrogens (tertiary/aromatic N) is 6. The van der Waals surface area contributed by atoms with Crippen LogP contribution in [0.25, 0.3) is 5.65 Å². The van der Waals surface area contributed by atoms with Crippen LogP contribution < -0.4 is 5.69 Å². The molecule has 12 nitrogen and oxygen atoms in total. The molecule has 0 saturated heterocycles. The molecule has 0 atom stereocenters. The largest absolute Gasteiger partial charge is 0.459 e. The molecule has 2 rings (SSSR count). The maximum Gasteiger partial charge on any atom is 0.361 e. The average Bonchev–Trinajstić information content (AvgIpc) is 2.83. The van der Waals surface area contributed by atoms with Crippen LogP contribution in [0.2, 0.25) is 0 Å². The van der Waals surface area contributed by atoms with Crippen LogP contribution in [0.15, 0.2) is 11.1 Å². The lowest BCUT2D eigenvalue weighted by Crippen LogP contribution is -2.27. The maximum absolute atomic E-state index is 11.7.